The molecule has 0 spiro atoms. The van der Waals surface area contributed by atoms with Gasteiger partial charge in [0.1, 0.15) is 11.4 Å². The van der Waals surface area contributed by atoms with Crippen LogP contribution in [0.3, 0.4) is 0 Å². The number of carbonyl (C=O) groups is 1. The highest BCUT2D eigenvalue weighted by Gasteiger charge is 2.20. The van der Waals surface area contributed by atoms with Gasteiger partial charge in [-0.2, -0.15) is 0 Å². The van der Waals surface area contributed by atoms with Crippen molar-refractivity contribution in [3.8, 4) is 5.75 Å². The van der Waals surface area contributed by atoms with Crippen LogP contribution in [0.5, 0.6) is 5.75 Å². The number of nitrogens with zero attached hydrogens (tertiary/aromatic N) is 3. The summed E-state index contributed by atoms with van der Waals surface area (Å²) in [7, 11) is 0. The van der Waals surface area contributed by atoms with E-state index in [2.05, 4.69) is 27.1 Å². The molecule has 1 aromatic heterocycles. The van der Waals surface area contributed by atoms with E-state index in [9.17, 15) is 4.79 Å². The molecule has 0 aliphatic carbocycles. The third-order valence-corrected chi connectivity index (χ3v) is 4.50. The molecule has 1 amide bonds. The number of hydrogen-bond donors (Lipinski definition) is 1. The Morgan fingerprint density at radius 3 is 2.67 bits per heavy atom. The van der Waals surface area contributed by atoms with Crippen LogP contribution in [-0.4, -0.2) is 35.1 Å². The number of amides is 1. The lowest BCUT2D eigenvalue weighted by Crippen LogP contribution is -2.36. The van der Waals surface area contributed by atoms with Crippen molar-refractivity contribution in [3.05, 3.63) is 41.7 Å². The van der Waals surface area contributed by atoms with Gasteiger partial charge in [0.15, 0.2) is 0 Å². The average Bonchev–Trinajstić information content (AvgIpc) is 2.62. The molecule has 6 nitrogen and oxygen atoms in total. The summed E-state index contributed by atoms with van der Waals surface area (Å²) < 4.78 is 5.63. The highest BCUT2D eigenvalue weighted by Crippen LogP contribution is 2.21. The van der Waals surface area contributed by atoms with Crippen LogP contribution < -0.4 is 15.0 Å². The van der Waals surface area contributed by atoms with E-state index < -0.39 is 0 Å². The van der Waals surface area contributed by atoms with Gasteiger partial charge in [-0.15, -0.1) is 0 Å². The molecule has 1 unspecified atom stereocenters. The first kappa shape index (κ1) is 19.1. The molecule has 0 radical (unpaired) electrons. The molecular weight excluding hydrogens is 340 g/mol. The van der Waals surface area contributed by atoms with Crippen molar-refractivity contribution in [3.63, 3.8) is 0 Å². The van der Waals surface area contributed by atoms with Crippen LogP contribution in [-0.2, 0) is 0 Å². The molecule has 1 atom stereocenters. The molecule has 0 bridgehead atoms. The van der Waals surface area contributed by atoms with Crippen molar-refractivity contribution in [1.29, 1.82) is 0 Å². The molecule has 1 aliphatic rings. The monoisotopic (exact) mass is 368 g/mol. The topological polar surface area (TPSA) is 67.3 Å². The van der Waals surface area contributed by atoms with Crippen molar-refractivity contribution < 1.29 is 9.53 Å². The Kier molecular flexibility index (Phi) is 5.94. The van der Waals surface area contributed by atoms with E-state index in [1.807, 2.05) is 45.0 Å². The number of aromatic nitrogens is 2. The molecule has 1 aromatic carbocycles. The summed E-state index contributed by atoms with van der Waals surface area (Å²) in [4.78, 5) is 23.9. The van der Waals surface area contributed by atoms with E-state index in [4.69, 9.17) is 4.74 Å². The van der Waals surface area contributed by atoms with Gasteiger partial charge < -0.3 is 15.0 Å². The molecule has 0 saturated carbocycles. The average molecular weight is 368 g/mol. The van der Waals surface area contributed by atoms with Gasteiger partial charge in [-0.05, 0) is 69.9 Å². The number of hydrogen-bond acceptors (Lipinski definition) is 5. The minimum Gasteiger partial charge on any atom is -0.491 e. The zero-order valence-electron chi connectivity index (χ0n) is 16.5. The van der Waals surface area contributed by atoms with E-state index in [-0.39, 0.29) is 12.0 Å². The molecule has 2 heterocycles. The lowest BCUT2D eigenvalue weighted by Gasteiger charge is -2.31. The van der Waals surface area contributed by atoms with Crippen LogP contribution in [0.15, 0.2) is 30.3 Å². The van der Waals surface area contributed by atoms with Gasteiger partial charge in [0.25, 0.3) is 5.91 Å². The van der Waals surface area contributed by atoms with Crippen LogP contribution in [0.4, 0.5) is 11.6 Å². The zero-order chi connectivity index (χ0) is 19.4. The standard InChI is InChI=1S/C21H28N4O2/c1-14(2)27-18-9-7-17(8-10-18)23-20(26)19-12-16(4)22-21(24-19)25-11-5-6-15(3)13-25/h7-10,12,14-15H,5-6,11,13H2,1-4H3,(H,23,26). The summed E-state index contributed by atoms with van der Waals surface area (Å²) in [5.41, 5.74) is 1.89. The fourth-order valence-electron chi connectivity index (χ4n) is 3.27. The maximum absolute atomic E-state index is 12.7. The second-order valence-corrected chi connectivity index (χ2v) is 7.53. The summed E-state index contributed by atoms with van der Waals surface area (Å²) >= 11 is 0. The predicted octanol–water partition coefficient (Wildman–Crippen LogP) is 4.06. The maximum atomic E-state index is 12.7. The van der Waals surface area contributed by atoms with Gasteiger partial charge in [-0.3, -0.25) is 4.79 Å². The largest absolute Gasteiger partial charge is 0.491 e. The Morgan fingerprint density at radius 2 is 2.00 bits per heavy atom. The van der Waals surface area contributed by atoms with Crippen molar-refractivity contribution >= 4 is 17.5 Å². The third-order valence-electron chi connectivity index (χ3n) is 4.50. The SMILES string of the molecule is Cc1cc(C(=O)Nc2ccc(OC(C)C)cc2)nc(N2CCCC(C)C2)n1. The summed E-state index contributed by atoms with van der Waals surface area (Å²) in [5, 5.41) is 2.90. The minimum absolute atomic E-state index is 0.116. The smallest absolute Gasteiger partial charge is 0.274 e. The Labute approximate surface area is 161 Å². The van der Waals surface area contributed by atoms with Gasteiger partial charge in [0.05, 0.1) is 6.10 Å². The number of anilines is 2. The second kappa shape index (κ2) is 8.37. The Bertz CT molecular complexity index is 789. The number of rotatable bonds is 5. The van der Waals surface area contributed by atoms with Gasteiger partial charge in [0.2, 0.25) is 5.95 Å². The molecule has 2 aromatic rings. The molecule has 1 N–H and O–H groups in total. The van der Waals surface area contributed by atoms with Gasteiger partial charge >= 0.3 is 0 Å². The molecule has 27 heavy (non-hydrogen) atoms. The van der Waals surface area contributed by atoms with E-state index in [1.165, 1.54) is 6.42 Å². The summed E-state index contributed by atoms with van der Waals surface area (Å²) in [6.45, 7) is 9.96. The maximum Gasteiger partial charge on any atom is 0.274 e. The second-order valence-electron chi connectivity index (χ2n) is 7.53. The first-order chi connectivity index (χ1) is 12.9. The van der Waals surface area contributed by atoms with Crippen LogP contribution in [0.1, 0.15) is 49.8 Å². The van der Waals surface area contributed by atoms with Crippen LogP contribution in [0.2, 0.25) is 0 Å². The highest BCUT2D eigenvalue weighted by molar-refractivity contribution is 6.03. The normalized spacial score (nSPS) is 17.1. The molecule has 6 heteroatoms. The van der Waals surface area contributed by atoms with Crippen molar-refractivity contribution in [2.24, 2.45) is 5.92 Å². The molecule has 1 fully saturated rings. The molecule has 1 aliphatic heterocycles. The van der Waals surface area contributed by atoms with Gasteiger partial charge in [-0.1, -0.05) is 6.92 Å². The third kappa shape index (κ3) is 5.18. The first-order valence-corrected chi connectivity index (χ1v) is 9.59. The van der Waals surface area contributed by atoms with Crippen molar-refractivity contribution in [2.45, 2.75) is 46.6 Å². The lowest BCUT2D eigenvalue weighted by atomic mass is 10.0. The summed E-state index contributed by atoms with van der Waals surface area (Å²) in [6, 6.07) is 9.08. The van der Waals surface area contributed by atoms with Crippen LogP contribution >= 0.6 is 0 Å². The summed E-state index contributed by atoms with van der Waals surface area (Å²) in [6.07, 6.45) is 2.47. The lowest BCUT2D eigenvalue weighted by molar-refractivity contribution is 0.102. The van der Waals surface area contributed by atoms with E-state index in [1.54, 1.807) is 6.07 Å². The van der Waals surface area contributed by atoms with Crippen LogP contribution in [0.25, 0.3) is 0 Å². The Balaban J connectivity index is 1.72. The number of ether oxygens (including phenoxy) is 1. The minimum atomic E-state index is -0.232. The van der Waals surface area contributed by atoms with Gasteiger partial charge in [-0.25, -0.2) is 9.97 Å². The summed E-state index contributed by atoms with van der Waals surface area (Å²) in [5.74, 6) is 1.81. The number of aryl methyl sites for hydroxylation is 1. The van der Waals surface area contributed by atoms with E-state index >= 15 is 0 Å². The van der Waals surface area contributed by atoms with Crippen molar-refractivity contribution in [2.75, 3.05) is 23.3 Å². The van der Waals surface area contributed by atoms with Crippen LogP contribution in [0, 0.1) is 12.8 Å². The number of piperidine rings is 1. The molecule has 1 saturated heterocycles. The molecule has 3 rings (SSSR count). The first-order valence-electron chi connectivity index (χ1n) is 9.59. The quantitative estimate of drug-likeness (QED) is 0.862. The molecular formula is C21H28N4O2. The van der Waals surface area contributed by atoms with E-state index in [0.717, 1.165) is 31.0 Å². The predicted molar refractivity (Wildman–Crippen MR) is 108 cm³/mol. The van der Waals surface area contributed by atoms with E-state index in [0.29, 0.717) is 23.2 Å². The molecule has 144 valence electrons. The number of nitrogens with one attached hydrogen (secondary N) is 1. The highest BCUT2D eigenvalue weighted by atomic mass is 16.5. The zero-order valence-corrected chi connectivity index (χ0v) is 16.5. The number of carbonyl (C=O) groups excluding carboxylic acids is 1. The number of benzene rings is 1. The Hall–Kier alpha value is -2.63. The fourth-order valence-corrected chi connectivity index (χ4v) is 3.27. The van der Waals surface area contributed by atoms with Gasteiger partial charge in [0, 0.05) is 24.5 Å². The Morgan fingerprint density at radius 1 is 1.26 bits per heavy atom. The fraction of sp³-hybridized carbons (Fsp3) is 0.476. The van der Waals surface area contributed by atoms with Crippen molar-refractivity contribution in [1.82, 2.24) is 9.97 Å².